The molecule has 1 aliphatic heterocycles. The van der Waals surface area contributed by atoms with Crippen molar-refractivity contribution in [3.63, 3.8) is 0 Å². The van der Waals surface area contributed by atoms with Crippen LogP contribution in [0, 0.1) is 0 Å². The first-order valence-corrected chi connectivity index (χ1v) is 9.25. The van der Waals surface area contributed by atoms with Crippen LogP contribution >= 0.6 is 0 Å². The fraction of sp³-hybridized carbons (Fsp3) is 0.500. The van der Waals surface area contributed by atoms with Crippen LogP contribution < -0.4 is 11.4 Å². The van der Waals surface area contributed by atoms with Crippen molar-refractivity contribution in [2.24, 2.45) is 0 Å². The van der Waals surface area contributed by atoms with Crippen molar-refractivity contribution in [2.75, 3.05) is 12.3 Å². The Hall–Kier alpha value is -3.88. The largest absolute Gasteiger partial charge is 0.463 e. The fourth-order valence-electron chi connectivity index (χ4n) is 3.43. The smallest absolute Gasteiger partial charge is 0.333 e. The zero-order valence-corrected chi connectivity index (χ0v) is 16.6. The number of tetrazole rings is 1. The Morgan fingerprint density at radius 2 is 2.16 bits per heavy atom. The summed E-state index contributed by atoms with van der Waals surface area (Å²) in [6.45, 7) is 2.47. The predicted octanol–water partition coefficient (Wildman–Crippen LogP) is -1.48. The quantitative estimate of drug-likeness (QED) is 0.428. The van der Waals surface area contributed by atoms with Crippen LogP contribution in [0.3, 0.4) is 0 Å². The molecule has 15 heteroatoms. The standard InChI is InChI=1S/C16H19N9O6/c1-7(26)29-6-9-3-11(30-8(2)27)14(31-9)25-13-10(4-18-15(17)19-13)24(16(25)28)5-12-20-22-23-21-12/h4,9,11,14H,3,5-6H2,1-2H3,(H2,17,18,19)(H,20,21,22,23)/t9-,11+,14-/m0/s1. The highest BCUT2D eigenvalue weighted by molar-refractivity contribution is 5.72. The lowest BCUT2D eigenvalue weighted by Gasteiger charge is -2.19. The van der Waals surface area contributed by atoms with E-state index in [2.05, 4.69) is 30.6 Å². The number of nitrogen functional groups attached to an aromatic ring is 1. The van der Waals surface area contributed by atoms with E-state index in [0.29, 0.717) is 11.3 Å². The number of anilines is 1. The molecule has 3 atom stereocenters. The van der Waals surface area contributed by atoms with Crippen LogP contribution in [0.1, 0.15) is 32.3 Å². The molecule has 1 aliphatic rings. The summed E-state index contributed by atoms with van der Waals surface area (Å²) in [5.74, 6) is -0.760. The summed E-state index contributed by atoms with van der Waals surface area (Å²) in [6.07, 6.45) is -0.837. The second-order valence-electron chi connectivity index (χ2n) is 6.86. The number of carbonyl (C=O) groups is 2. The first-order chi connectivity index (χ1) is 14.8. The molecule has 0 aromatic carbocycles. The molecule has 3 aromatic rings. The molecule has 0 radical (unpaired) electrons. The zero-order chi connectivity index (χ0) is 22.1. The highest BCUT2D eigenvalue weighted by Crippen LogP contribution is 2.33. The highest BCUT2D eigenvalue weighted by Gasteiger charge is 2.41. The van der Waals surface area contributed by atoms with Crippen LogP contribution in [0.2, 0.25) is 0 Å². The number of ether oxygens (including phenoxy) is 3. The van der Waals surface area contributed by atoms with E-state index < -0.39 is 36.1 Å². The number of nitrogens with two attached hydrogens (primary N) is 1. The van der Waals surface area contributed by atoms with Crippen LogP contribution in [0.25, 0.3) is 11.2 Å². The molecule has 1 fully saturated rings. The van der Waals surface area contributed by atoms with Crippen molar-refractivity contribution in [3.05, 3.63) is 22.5 Å². The van der Waals surface area contributed by atoms with Crippen LogP contribution in [0.5, 0.6) is 0 Å². The molecule has 0 amide bonds. The minimum absolute atomic E-state index is 0.00440. The minimum atomic E-state index is -1.03. The van der Waals surface area contributed by atoms with E-state index in [1.807, 2.05) is 0 Å². The number of esters is 2. The third-order valence-electron chi connectivity index (χ3n) is 4.61. The normalized spacial score (nSPS) is 20.8. The molecule has 164 valence electrons. The van der Waals surface area contributed by atoms with Gasteiger partial charge < -0.3 is 19.9 Å². The van der Waals surface area contributed by atoms with E-state index in [9.17, 15) is 14.4 Å². The Balaban J connectivity index is 1.78. The molecule has 3 N–H and O–H groups in total. The number of hydrogen-bond donors (Lipinski definition) is 2. The Morgan fingerprint density at radius 1 is 1.35 bits per heavy atom. The number of fused-ring (bicyclic) bond motifs is 1. The van der Waals surface area contributed by atoms with Crippen molar-refractivity contribution >= 4 is 29.1 Å². The number of hydrogen-bond acceptors (Lipinski definition) is 12. The van der Waals surface area contributed by atoms with Crippen molar-refractivity contribution in [1.82, 2.24) is 39.7 Å². The number of aromatic nitrogens is 8. The van der Waals surface area contributed by atoms with Crippen molar-refractivity contribution in [3.8, 4) is 0 Å². The predicted molar refractivity (Wildman–Crippen MR) is 100 cm³/mol. The van der Waals surface area contributed by atoms with Gasteiger partial charge in [-0.2, -0.15) is 4.98 Å². The number of rotatable bonds is 6. The van der Waals surface area contributed by atoms with E-state index in [-0.39, 0.29) is 31.2 Å². The summed E-state index contributed by atoms with van der Waals surface area (Å²) < 4.78 is 18.9. The summed E-state index contributed by atoms with van der Waals surface area (Å²) in [5, 5.41) is 13.4. The third kappa shape index (κ3) is 4.07. The first kappa shape index (κ1) is 20.4. The van der Waals surface area contributed by atoms with Gasteiger partial charge in [0.1, 0.15) is 18.2 Å². The van der Waals surface area contributed by atoms with Gasteiger partial charge in [-0.1, -0.05) is 0 Å². The lowest BCUT2D eigenvalue weighted by Crippen LogP contribution is -2.34. The van der Waals surface area contributed by atoms with Gasteiger partial charge in [-0.15, -0.1) is 5.10 Å². The molecule has 4 rings (SSSR count). The van der Waals surface area contributed by atoms with Crippen molar-refractivity contribution < 1.29 is 23.8 Å². The van der Waals surface area contributed by atoms with Gasteiger partial charge in [-0.25, -0.2) is 19.4 Å². The summed E-state index contributed by atoms with van der Waals surface area (Å²) in [4.78, 5) is 44.3. The van der Waals surface area contributed by atoms with Gasteiger partial charge in [0.25, 0.3) is 0 Å². The Kier molecular flexibility index (Phi) is 5.33. The second kappa shape index (κ2) is 8.10. The summed E-state index contributed by atoms with van der Waals surface area (Å²) in [7, 11) is 0. The van der Waals surface area contributed by atoms with Gasteiger partial charge in [0.2, 0.25) is 5.95 Å². The summed E-state index contributed by atoms with van der Waals surface area (Å²) >= 11 is 0. The Bertz CT molecular complexity index is 1170. The third-order valence-corrected chi connectivity index (χ3v) is 4.61. The molecule has 0 bridgehead atoms. The van der Waals surface area contributed by atoms with E-state index in [1.54, 1.807) is 0 Å². The molecule has 31 heavy (non-hydrogen) atoms. The number of imidazole rings is 1. The van der Waals surface area contributed by atoms with Gasteiger partial charge in [0.15, 0.2) is 17.7 Å². The molecule has 0 aliphatic carbocycles. The molecule has 0 unspecified atom stereocenters. The van der Waals surface area contributed by atoms with Crippen LogP contribution in [0.4, 0.5) is 5.95 Å². The van der Waals surface area contributed by atoms with Crippen LogP contribution in [-0.4, -0.2) is 70.5 Å². The van der Waals surface area contributed by atoms with Gasteiger partial charge in [0, 0.05) is 20.3 Å². The van der Waals surface area contributed by atoms with E-state index in [4.69, 9.17) is 19.9 Å². The van der Waals surface area contributed by atoms with Gasteiger partial charge in [0.05, 0.1) is 18.8 Å². The fourth-order valence-corrected chi connectivity index (χ4v) is 3.43. The van der Waals surface area contributed by atoms with E-state index in [0.717, 1.165) is 0 Å². The van der Waals surface area contributed by atoms with Crippen molar-refractivity contribution in [1.29, 1.82) is 0 Å². The number of nitrogens with one attached hydrogen (secondary N) is 1. The lowest BCUT2D eigenvalue weighted by molar-refractivity contribution is -0.153. The van der Waals surface area contributed by atoms with Crippen molar-refractivity contribution in [2.45, 2.75) is 45.2 Å². The van der Waals surface area contributed by atoms with Gasteiger partial charge in [-0.3, -0.25) is 14.2 Å². The average molecular weight is 433 g/mol. The average Bonchev–Trinajstić information content (AvgIpc) is 3.40. The zero-order valence-electron chi connectivity index (χ0n) is 16.6. The molecule has 0 spiro atoms. The number of H-pyrrole nitrogens is 1. The van der Waals surface area contributed by atoms with Gasteiger partial charge >= 0.3 is 17.6 Å². The minimum Gasteiger partial charge on any atom is -0.463 e. The number of carbonyl (C=O) groups excluding carboxylic acids is 2. The Labute approximate surface area is 173 Å². The molecule has 4 heterocycles. The lowest BCUT2D eigenvalue weighted by atomic mass is 10.2. The second-order valence-corrected chi connectivity index (χ2v) is 6.86. The monoisotopic (exact) mass is 433 g/mol. The maximum atomic E-state index is 13.3. The Morgan fingerprint density at radius 3 is 2.84 bits per heavy atom. The van der Waals surface area contributed by atoms with Crippen LogP contribution in [0.15, 0.2) is 11.0 Å². The maximum Gasteiger partial charge on any atom is 0.333 e. The van der Waals surface area contributed by atoms with Gasteiger partial charge in [-0.05, 0) is 10.4 Å². The highest BCUT2D eigenvalue weighted by atomic mass is 16.6. The molecular weight excluding hydrogens is 414 g/mol. The number of nitrogens with zero attached hydrogens (tertiary/aromatic N) is 7. The number of aromatic amines is 1. The molecule has 15 nitrogen and oxygen atoms in total. The van der Waals surface area contributed by atoms with E-state index >= 15 is 0 Å². The molecule has 3 aromatic heterocycles. The van der Waals surface area contributed by atoms with Crippen LogP contribution in [-0.2, 0) is 30.3 Å². The molecular formula is C16H19N9O6. The summed E-state index contributed by atoms with van der Waals surface area (Å²) in [6, 6.07) is 0. The maximum absolute atomic E-state index is 13.3. The molecule has 1 saturated heterocycles. The SMILES string of the molecule is CC(=O)OC[C@@H]1C[C@@H](OC(C)=O)[C@@H](n2c(=O)n(Cc3nnn[nH]3)c3cnc(N)nc32)O1. The molecule has 0 saturated carbocycles. The summed E-state index contributed by atoms with van der Waals surface area (Å²) in [5.41, 5.74) is 5.75. The first-order valence-electron chi connectivity index (χ1n) is 9.25. The topological polar surface area (TPSA) is 195 Å². The van der Waals surface area contributed by atoms with E-state index in [1.165, 1.54) is 29.2 Å².